The molecule has 2 aromatic carbocycles. The average Bonchev–Trinajstić information content (AvgIpc) is 3.11. The van der Waals surface area contributed by atoms with Gasteiger partial charge in [-0.25, -0.2) is 4.98 Å². The predicted octanol–water partition coefficient (Wildman–Crippen LogP) is 6.45. The van der Waals surface area contributed by atoms with Gasteiger partial charge in [0.1, 0.15) is 5.01 Å². The Morgan fingerprint density at radius 2 is 1.83 bits per heavy atom. The number of carbonyl (C=O) groups excluding carboxylic acids is 1. The lowest BCUT2D eigenvalue weighted by molar-refractivity contribution is -0.119. The Kier molecular flexibility index (Phi) is 7.72. The van der Waals surface area contributed by atoms with Crippen molar-refractivity contribution in [2.24, 2.45) is 0 Å². The Hall–Kier alpha value is -2.31. The van der Waals surface area contributed by atoms with Crippen LogP contribution in [0.3, 0.4) is 0 Å². The molecule has 3 aromatic rings. The lowest BCUT2D eigenvalue weighted by Crippen LogP contribution is -2.33. The van der Waals surface area contributed by atoms with E-state index in [1.807, 2.05) is 24.3 Å². The topological polar surface area (TPSA) is 54.0 Å². The first-order valence-electron chi connectivity index (χ1n) is 10.1. The molecule has 1 aromatic heterocycles. The van der Waals surface area contributed by atoms with Gasteiger partial charge in [-0.15, -0.1) is 11.3 Å². The van der Waals surface area contributed by atoms with Gasteiger partial charge >= 0.3 is 0 Å². The number of amides is 1. The first kappa shape index (κ1) is 21.4. The summed E-state index contributed by atoms with van der Waals surface area (Å²) < 4.78 is 1.20. The fourth-order valence-electron chi connectivity index (χ4n) is 3.09. The summed E-state index contributed by atoms with van der Waals surface area (Å²) >= 11 is 6.95. The van der Waals surface area contributed by atoms with Gasteiger partial charge in [0.05, 0.1) is 10.2 Å². The van der Waals surface area contributed by atoms with Crippen LogP contribution in [-0.2, 0) is 4.79 Å². The summed E-state index contributed by atoms with van der Waals surface area (Å²) in [5, 5.41) is 7.17. The first-order chi connectivity index (χ1) is 14.0. The number of thiocarbonyl (C=S) groups is 1. The number of unbranched alkanes of at least 4 members (excludes halogenated alkanes) is 4. The van der Waals surface area contributed by atoms with Crippen LogP contribution in [0.5, 0.6) is 0 Å². The summed E-state index contributed by atoms with van der Waals surface area (Å²) in [6.45, 7) is 4.27. The van der Waals surface area contributed by atoms with Crippen LogP contribution in [0.2, 0.25) is 0 Å². The minimum atomic E-state index is -0.0274. The molecule has 4 nitrogen and oxygen atoms in total. The van der Waals surface area contributed by atoms with Gasteiger partial charge in [-0.2, -0.15) is 0 Å². The van der Waals surface area contributed by atoms with Crippen molar-refractivity contribution in [3.05, 3.63) is 48.0 Å². The van der Waals surface area contributed by atoms with Crippen molar-refractivity contribution in [3.63, 3.8) is 0 Å². The molecule has 0 aliphatic rings. The smallest absolute Gasteiger partial charge is 0.226 e. The number of carbonyl (C=O) groups is 1. The molecular formula is C23H27N3OS2. The van der Waals surface area contributed by atoms with E-state index in [1.165, 1.54) is 29.5 Å². The molecule has 0 aliphatic carbocycles. The van der Waals surface area contributed by atoms with E-state index in [0.29, 0.717) is 11.5 Å². The van der Waals surface area contributed by atoms with Crippen molar-refractivity contribution in [2.45, 2.75) is 52.4 Å². The van der Waals surface area contributed by atoms with Gasteiger partial charge in [-0.1, -0.05) is 38.7 Å². The highest BCUT2D eigenvalue weighted by atomic mass is 32.1. The molecule has 0 spiro atoms. The summed E-state index contributed by atoms with van der Waals surface area (Å²) in [5.41, 5.74) is 4.18. The maximum atomic E-state index is 12.0. The summed E-state index contributed by atoms with van der Waals surface area (Å²) in [6, 6.07) is 14.3. The third-order valence-electron chi connectivity index (χ3n) is 4.69. The number of nitrogens with zero attached hydrogens (tertiary/aromatic N) is 1. The Morgan fingerprint density at radius 3 is 2.59 bits per heavy atom. The molecular weight excluding hydrogens is 398 g/mol. The normalized spacial score (nSPS) is 10.8. The molecule has 1 amide bonds. The second kappa shape index (κ2) is 10.5. The molecule has 0 fully saturated rings. The van der Waals surface area contributed by atoms with Crippen LogP contribution in [0.15, 0.2) is 42.5 Å². The van der Waals surface area contributed by atoms with Crippen molar-refractivity contribution in [3.8, 4) is 10.6 Å². The van der Waals surface area contributed by atoms with Crippen LogP contribution in [0.4, 0.5) is 5.69 Å². The van der Waals surface area contributed by atoms with Gasteiger partial charge < -0.3 is 10.6 Å². The van der Waals surface area contributed by atoms with Crippen molar-refractivity contribution in [2.75, 3.05) is 5.32 Å². The summed E-state index contributed by atoms with van der Waals surface area (Å²) in [5.74, 6) is -0.0274. The molecule has 29 heavy (non-hydrogen) atoms. The molecule has 0 atom stereocenters. The van der Waals surface area contributed by atoms with Crippen LogP contribution in [-0.4, -0.2) is 16.0 Å². The second-order valence-corrected chi connectivity index (χ2v) is 8.67. The van der Waals surface area contributed by atoms with E-state index in [0.717, 1.165) is 34.6 Å². The van der Waals surface area contributed by atoms with E-state index >= 15 is 0 Å². The first-order valence-corrected chi connectivity index (χ1v) is 11.4. The number of aromatic nitrogens is 1. The maximum absolute atomic E-state index is 12.0. The third-order valence-corrected chi connectivity index (χ3v) is 5.97. The molecule has 3 rings (SSSR count). The van der Waals surface area contributed by atoms with E-state index in [-0.39, 0.29) is 5.91 Å². The zero-order valence-corrected chi connectivity index (χ0v) is 18.6. The number of benzene rings is 2. The monoisotopic (exact) mass is 425 g/mol. The van der Waals surface area contributed by atoms with Crippen LogP contribution in [0.25, 0.3) is 20.8 Å². The van der Waals surface area contributed by atoms with Crippen LogP contribution >= 0.6 is 23.6 Å². The Balaban J connectivity index is 1.51. The quantitative estimate of drug-likeness (QED) is 0.322. The molecule has 2 N–H and O–H groups in total. The third kappa shape index (κ3) is 6.34. The number of rotatable bonds is 8. The van der Waals surface area contributed by atoms with Crippen molar-refractivity contribution >= 4 is 50.5 Å². The highest BCUT2D eigenvalue weighted by Crippen LogP contribution is 2.31. The van der Waals surface area contributed by atoms with Crippen LogP contribution in [0, 0.1) is 6.92 Å². The SMILES string of the molecule is CCCCCCCC(=O)NC(=S)Nc1ccc(-c2nc3ccc(C)cc3s2)cc1. The van der Waals surface area contributed by atoms with E-state index in [4.69, 9.17) is 17.2 Å². The zero-order chi connectivity index (χ0) is 20.6. The van der Waals surface area contributed by atoms with E-state index < -0.39 is 0 Å². The van der Waals surface area contributed by atoms with Gasteiger partial charge in [0.2, 0.25) is 5.91 Å². The van der Waals surface area contributed by atoms with Crippen LogP contribution in [0.1, 0.15) is 51.0 Å². The van der Waals surface area contributed by atoms with Gasteiger partial charge in [-0.05, 0) is 67.5 Å². The van der Waals surface area contributed by atoms with E-state index in [9.17, 15) is 4.79 Å². The summed E-state index contributed by atoms with van der Waals surface area (Å²) in [4.78, 5) is 16.7. The number of thiazole rings is 1. The van der Waals surface area contributed by atoms with E-state index in [1.54, 1.807) is 11.3 Å². The van der Waals surface area contributed by atoms with Gasteiger partial charge in [0.15, 0.2) is 5.11 Å². The Labute approximate surface area is 181 Å². The van der Waals surface area contributed by atoms with Gasteiger partial charge in [-0.3, -0.25) is 4.79 Å². The standard InChI is InChI=1S/C23H27N3OS2/c1-3-4-5-6-7-8-21(27)26-23(28)24-18-12-10-17(11-13-18)22-25-19-14-9-16(2)15-20(19)29-22/h9-15H,3-8H2,1-2H3,(H2,24,26,27,28). The van der Waals surface area contributed by atoms with Crippen molar-refractivity contribution in [1.82, 2.24) is 10.3 Å². The zero-order valence-electron chi connectivity index (χ0n) is 17.0. The molecule has 0 saturated carbocycles. The highest BCUT2D eigenvalue weighted by Gasteiger charge is 2.08. The molecule has 0 radical (unpaired) electrons. The maximum Gasteiger partial charge on any atom is 0.226 e. The molecule has 0 aliphatic heterocycles. The number of nitrogens with one attached hydrogen (secondary N) is 2. The number of aryl methyl sites for hydroxylation is 1. The highest BCUT2D eigenvalue weighted by molar-refractivity contribution is 7.80. The molecule has 1 heterocycles. The average molecular weight is 426 g/mol. The summed E-state index contributed by atoms with van der Waals surface area (Å²) in [6.07, 6.45) is 6.14. The Morgan fingerprint density at radius 1 is 1.07 bits per heavy atom. The van der Waals surface area contributed by atoms with Gasteiger partial charge in [0, 0.05) is 17.7 Å². The van der Waals surface area contributed by atoms with E-state index in [2.05, 4.69) is 42.7 Å². The second-order valence-electron chi connectivity index (χ2n) is 7.23. The number of fused-ring (bicyclic) bond motifs is 1. The molecule has 0 bridgehead atoms. The number of anilines is 1. The lowest BCUT2D eigenvalue weighted by Gasteiger charge is -2.10. The fourth-order valence-corrected chi connectivity index (χ4v) is 4.39. The minimum absolute atomic E-state index is 0.0274. The summed E-state index contributed by atoms with van der Waals surface area (Å²) in [7, 11) is 0. The van der Waals surface area contributed by atoms with Crippen LogP contribution < -0.4 is 10.6 Å². The van der Waals surface area contributed by atoms with Gasteiger partial charge in [0.25, 0.3) is 0 Å². The predicted molar refractivity (Wildman–Crippen MR) is 128 cm³/mol. The fraction of sp³-hybridized carbons (Fsp3) is 0.348. The van der Waals surface area contributed by atoms with Crippen molar-refractivity contribution < 1.29 is 4.79 Å². The lowest BCUT2D eigenvalue weighted by atomic mass is 10.1. The number of hydrogen-bond acceptors (Lipinski definition) is 4. The molecule has 152 valence electrons. The van der Waals surface area contributed by atoms with Crippen molar-refractivity contribution in [1.29, 1.82) is 0 Å². The largest absolute Gasteiger partial charge is 0.332 e. The molecule has 0 unspecified atom stereocenters. The molecule has 6 heteroatoms. The number of hydrogen-bond donors (Lipinski definition) is 2. The Bertz CT molecular complexity index is 979. The molecule has 0 saturated heterocycles. The minimum Gasteiger partial charge on any atom is -0.332 e.